The molecule has 0 aliphatic heterocycles. The Hall–Kier alpha value is -1.06. The van der Waals surface area contributed by atoms with Crippen molar-refractivity contribution in [2.75, 3.05) is 0 Å². The third kappa shape index (κ3) is 6.92. The van der Waals surface area contributed by atoms with Crippen LogP contribution in [0.2, 0.25) is 0 Å². The quantitative estimate of drug-likeness (QED) is 0.725. The second kappa shape index (κ2) is 7.09. The Morgan fingerprint density at radius 1 is 1.05 bits per heavy atom. The van der Waals surface area contributed by atoms with Crippen LogP contribution < -0.4 is 0 Å². The Bertz CT molecular complexity index is 341. The lowest BCUT2D eigenvalue weighted by Crippen LogP contribution is -2.22. The molecule has 0 aromatic rings. The first-order valence-corrected chi connectivity index (χ1v) is 7.54. The lowest BCUT2D eigenvalue weighted by atomic mass is 9.92. The Morgan fingerprint density at radius 2 is 1.55 bits per heavy atom. The fourth-order valence-corrected chi connectivity index (χ4v) is 2.34. The topological polar surface area (TPSA) is 52.6 Å². The Kier molecular flexibility index (Phi) is 6.03. The summed E-state index contributed by atoms with van der Waals surface area (Å²) in [4.78, 5) is 23.4. The molecule has 0 unspecified atom stereocenters. The van der Waals surface area contributed by atoms with Crippen LogP contribution in [0.1, 0.15) is 66.7 Å². The molecule has 0 saturated heterocycles. The highest BCUT2D eigenvalue weighted by atomic mass is 16.6. The van der Waals surface area contributed by atoms with Gasteiger partial charge < -0.3 is 9.47 Å². The molecule has 1 aliphatic carbocycles. The summed E-state index contributed by atoms with van der Waals surface area (Å²) in [6.45, 7) is 10.0. The van der Waals surface area contributed by atoms with Gasteiger partial charge in [-0.1, -0.05) is 34.6 Å². The summed E-state index contributed by atoms with van der Waals surface area (Å²) in [5.74, 6) is 0.00707. The van der Waals surface area contributed by atoms with Crippen LogP contribution in [-0.2, 0) is 19.1 Å². The SMILES string of the molecule is CC(C)CC(=O)O[C@H]1CC[C@@H](OC(=O)CC(C)(C)C)C1. The van der Waals surface area contributed by atoms with Gasteiger partial charge in [0.2, 0.25) is 0 Å². The van der Waals surface area contributed by atoms with Crippen molar-refractivity contribution in [3.05, 3.63) is 0 Å². The monoisotopic (exact) mass is 284 g/mol. The van der Waals surface area contributed by atoms with E-state index in [9.17, 15) is 9.59 Å². The molecule has 20 heavy (non-hydrogen) atoms. The molecule has 0 aromatic carbocycles. The van der Waals surface area contributed by atoms with Gasteiger partial charge in [-0.2, -0.15) is 0 Å². The van der Waals surface area contributed by atoms with Crippen molar-refractivity contribution in [1.29, 1.82) is 0 Å². The van der Waals surface area contributed by atoms with Gasteiger partial charge in [-0.05, 0) is 24.2 Å². The van der Waals surface area contributed by atoms with E-state index in [1.54, 1.807) is 0 Å². The van der Waals surface area contributed by atoms with Crippen molar-refractivity contribution < 1.29 is 19.1 Å². The second-order valence-corrected chi connectivity index (χ2v) is 7.37. The molecule has 1 saturated carbocycles. The van der Waals surface area contributed by atoms with E-state index < -0.39 is 0 Å². The zero-order valence-electron chi connectivity index (χ0n) is 13.4. The van der Waals surface area contributed by atoms with Crippen LogP contribution in [0.25, 0.3) is 0 Å². The van der Waals surface area contributed by atoms with Gasteiger partial charge in [-0.15, -0.1) is 0 Å². The first-order chi connectivity index (χ1) is 9.15. The number of hydrogen-bond acceptors (Lipinski definition) is 4. The van der Waals surface area contributed by atoms with Gasteiger partial charge in [0.25, 0.3) is 0 Å². The maximum Gasteiger partial charge on any atom is 0.306 e. The molecule has 0 amide bonds. The lowest BCUT2D eigenvalue weighted by molar-refractivity contribution is -0.152. The van der Waals surface area contributed by atoms with Crippen molar-refractivity contribution >= 4 is 11.9 Å². The lowest BCUT2D eigenvalue weighted by Gasteiger charge is -2.19. The summed E-state index contributed by atoms with van der Waals surface area (Å²) in [7, 11) is 0. The molecule has 0 heterocycles. The molecule has 0 spiro atoms. The second-order valence-electron chi connectivity index (χ2n) is 7.37. The minimum absolute atomic E-state index is 0.0567. The number of carbonyl (C=O) groups excluding carboxylic acids is 2. The molecule has 116 valence electrons. The number of ether oxygens (including phenoxy) is 2. The van der Waals surface area contributed by atoms with Gasteiger partial charge >= 0.3 is 11.9 Å². The van der Waals surface area contributed by atoms with E-state index in [-0.39, 0.29) is 29.6 Å². The van der Waals surface area contributed by atoms with Gasteiger partial charge in [0.15, 0.2) is 0 Å². The van der Waals surface area contributed by atoms with Gasteiger partial charge in [-0.3, -0.25) is 9.59 Å². The molecule has 1 aliphatic rings. The molecular weight excluding hydrogens is 256 g/mol. The van der Waals surface area contributed by atoms with Crippen LogP contribution in [-0.4, -0.2) is 24.1 Å². The fourth-order valence-electron chi connectivity index (χ4n) is 2.34. The molecule has 4 heteroatoms. The van der Waals surface area contributed by atoms with E-state index in [0.29, 0.717) is 25.2 Å². The average Bonchev–Trinajstić information content (AvgIpc) is 2.60. The van der Waals surface area contributed by atoms with Gasteiger partial charge in [0, 0.05) is 12.8 Å². The standard InChI is InChI=1S/C16H28O4/c1-11(2)8-14(17)19-12-6-7-13(9-12)20-15(18)10-16(3,4)5/h11-13H,6-10H2,1-5H3/t12-,13+/m0/s1. The van der Waals surface area contributed by atoms with Crippen LogP contribution in [0.4, 0.5) is 0 Å². The third-order valence-corrected chi connectivity index (χ3v) is 3.18. The number of rotatable bonds is 5. The highest BCUT2D eigenvalue weighted by Gasteiger charge is 2.31. The zero-order chi connectivity index (χ0) is 15.3. The summed E-state index contributed by atoms with van der Waals surface area (Å²) < 4.78 is 10.9. The van der Waals surface area contributed by atoms with Crippen LogP contribution in [0, 0.1) is 11.3 Å². The normalized spacial score (nSPS) is 22.9. The van der Waals surface area contributed by atoms with E-state index in [0.717, 1.165) is 12.8 Å². The highest BCUT2D eigenvalue weighted by molar-refractivity contribution is 5.70. The molecule has 1 fully saturated rings. The summed E-state index contributed by atoms with van der Waals surface area (Å²) >= 11 is 0. The van der Waals surface area contributed by atoms with Crippen LogP contribution in [0.3, 0.4) is 0 Å². The van der Waals surface area contributed by atoms with E-state index in [2.05, 4.69) is 0 Å². The van der Waals surface area contributed by atoms with Crippen molar-refractivity contribution in [2.24, 2.45) is 11.3 Å². The minimum Gasteiger partial charge on any atom is -0.462 e. The number of hydrogen-bond donors (Lipinski definition) is 0. The Labute approximate surface area is 122 Å². The molecule has 0 radical (unpaired) electrons. The van der Waals surface area contributed by atoms with Crippen LogP contribution in [0.15, 0.2) is 0 Å². The molecule has 0 aromatic heterocycles. The fraction of sp³-hybridized carbons (Fsp3) is 0.875. The first-order valence-electron chi connectivity index (χ1n) is 7.54. The molecule has 0 N–H and O–H groups in total. The highest BCUT2D eigenvalue weighted by Crippen LogP contribution is 2.27. The van der Waals surface area contributed by atoms with Crippen molar-refractivity contribution in [2.45, 2.75) is 78.9 Å². The predicted molar refractivity (Wildman–Crippen MR) is 77.1 cm³/mol. The molecule has 1 rings (SSSR count). The van der Waals surface area contributed by atoms with E-state index in [4.69, 9.17) is 9.47 Å². The number of esters is 2. The van der Waals surface area contributed by atoms with E-state index in [1.807, 2.05) is 34.6 Å². The maximum absolute atomic E-state index is 11.8. The summed E-state index contributed by atoms with van der Waals surface area (Å²) in [5, 5.41) is 0. The van der Waals surface area contributed by atoms with Gasteiger partial charge in [-0.25, -0.2) is 0 Å². The Balaban J connectivity index is 2.29. The summed E-state index contributed by atoms with van der Waals surface area (Å²) in [5.41, 5.74) is -0.0567. The largest absolute Gasteiger partial charge is 0.462 e. The van der Waals surface area contributed by atoms with Crippen molar-refractivity contribution in [3.63, 3.8) is 0 Å². The predicted octanol–water partition coefficient (Wildman–Crippen LogP) is 3.48. The molecule has 0 bridgehead atoms. The Morgan fingerprint density at radius 3 is 2.00 bits per heavy atom. The molecule has 2 atom stereocenters. The van der Waals surface area contributed by atoms with Gasteiger partial charge in [0.1, 0.15) is 12.2 Å². The average molecular weight is 284 g/mol. The summed E-state index contributed by atoms with van der Waals surface area (Å²) in [6, 6.07) is 0. The first kappa shape index (κ1) is 17.0. The smallest absolute Gasteiger partial charge is 0.306 e. The van der Waals surface area contributed by atoms with E-state index in [1.165, 1.54) is 0 Å². The number of carbonyl (C=O) groups is 2. The van der Waals surface area contributed by atoms with Gasteiger partial charge in [0.05, 0.1) is 6.42 Å². The van der Waals surface area contributed by atoms with Crippen LogP contribution in [0.5, 0.6) is 0 Å². The summed E-state index contributed by atoms with van der Waals surface area (Å²) in [6.07, 6.45) is 2.90. The maximum atomic E-state index is 11.8. The van der Waals surface area contributed by atoms with Crippen molar-refractivity contribution in [1.82, 2.24) is 0 Å². The van der Waals surface area contributed by atoms with Crippen LogP contribution >= 0.6 is 0 Å². The third-order valence-electron chi connectivity index (χ3n) is 3.18. The zero-order valence-corrected chi connectivity index (χ0v) is 13.4. The molecular formula is C16H28O4. The minimum atomic E-state index is -0.156. The van der Waals surface area contributed by atoms with E-state index >= 15 is 0 Å². The van der Waals surface area contributed by atoms with Crippen molar-refractivity contribution in [3.8, 4) is 0 Å². The molecule has 4 nitrogen and oxygen atoms in total.